The molecule has 3 heterocycles. The standard InChI is InChI=1S/C30H28N6OS/c37-30(25-13-11-22(12-14-25)19-38-29-26-28(32-20-31-26)33-21-34-29)36-17-15-35(16-18-36)27(23-7-3-1-4-8-23)24-9-5-2-6-10-24/h1-14,20-21,27H,15-19H2,(H,31,32,33,34). The summed E-state index contributed by atoms with van der Waals surface area (Å²) in [4.78, 5) is 33.6. The maximum absolute atomic E-state index is 13.3. The number of thioether (sulfide) groups is 1. The van der Waals surface area contributed by atoms with Gasteiger partial charge in [-0.05, 0) is 28.8 Å². The van der Waals surface area contributed by atoms with Crippen LogP contribution in [-0.4, -0.2) is 61.8 Å². The fourth-order valence-corrected chi connectivity index (χ4v) is 5.91. The van der Waals surface area contributed by atoms with Crippen LogP contribution in [0, 0.1) is 0 Å². The molecule has 0 aliphatic carbocycles. The van der Waals surface area contributed by atoms with Gasteiger partial charge in [-0.2, -0.15) is 0 Å². The SMILES string of the molecule is O=C(c1ccc(CSc2ncnc3nc[nH]c23)cc1)N1CCN(C(c2ccccc2)c2ccccc2)CC1. The van der Waals surface area contributed by atoms with Crippen LogP contribution >= 0.6 is 11.8 Å². The van der Waals surface area contributed by atoms with Crippen LogP contribution < -0.4 is 0 Å². The smallest absolute Gasteiger partial charge is 0.253 e. The Hall–Kier alpha value is -4.01. The molecule has 0 bridgehead atoms. The van der Waals surface area contributed by atoms with E-state index in [0.717, 1.165) is 40.5 Å². The summed E-state index contributed by atoms with van der Waals surface area (Å²) in [6.45, 7) is 3.08. The molecule has 0 atom stereocenters. The summed E-state index contributed by atoms with van der Waals surface area (Å²) >= 11 is 1.63. The number of fused-ring (bicyclic) bond motifs is 1. The molecule has 0 saturated carbocycles. The van der Waals surface area contributed by atoms with Crippen LogP contribution in [0.2, 0.25) is 0 Å². The third-order valence-electron chi connectivity index (χ3n) is 6.96. The molecular formula is C30H28N6OS. The topological polar surface area (TPSA) is 78.0 Å². The predicted octanol–water partition coefficient (Wildman–Crippen LogP) is 5.19. The normalized spacial score (nSPS) is 14.3. The number of rotatable bonds is 7. The predicted molar refractivity (Wildman–Crippen MR) is 150 cm³/mol. The van der Waals surface area contributed by atoms with Crippen LogP contribution in [0.15, 0.2) is 103 Å². The van der Waals surface area contributed by atoms with Crippen molar-refractivity contribution in [3.63, 3.8) is 0 Å². The van der Waals surface area contributed by atoms with Gasteiger partial charge in [0.1, 0.15) is 16.9 Å². The Kier molecular flexibility index (Phi) is 7.15. The Morgan fingerprint density at radius 2 is 1.47 bits per heavy atom. The number of benzene rings is 3. The highest BCUT2D eigenvalue weighted by Gasteiger charge is 2.28. The van der Waals surface area contributed by atoms with Crippen molar-refractivity contribution in [1.29, 1.82) is 0 Å². The van der Waals surface area contributed by atoms with E-state index < -0.39 is 0 Å². The maximum Gasteiger partial charge on any atom is 0.253 e. The van der Waals surface area contributed by atoms with E-state index in [0.29, 0.717) is 18.7 Å². The highest BCUT2D eigenvalue weighted by atomic mass is 32.2. The molecule has 1 saturated heterocycles. The second-order valence-corrected chi connectivity index (χ2v) is 10.3. The van der Waals surface area contributed by atoms with E-state index in [-0.39, 0.29) is 11.9 Å². The van der Waals surface area contributed by atoms with Crippen molar-refractivity contribution in [3.8, 4) is 0 Å². The zero-order chi connectivity index (χ0) is 25.7. The lowest BCUT2D eigenvalue weighted by Crippen LogP contribution is -2.49. The number of nitrogens with zero attached hydrogens (tertiary/aromatic N) is 5. The molecule has 1 amide bonds. The lowest BCUT2D eigenvalue weighted by molar-refractivity contribution is 0.0597. The van der Waals surface area contributed by atoms with E-state index in [9.17, 15) is 4.79 Å². The third-order valence-corrected chi connectivity index (χ3v) is 8.02. The molecule has 7 nitrogen and oxygen atoms in total. The molecule has 3 aromatic carbocycles. The van der Waals surface area contributed by atoms with Crippen LogP contribution in [0.1, 0.15) is 33.1 Å². The number of carbonyl (C=O) groups excluding carboxylic acids is 1. The highest BCUT2D eigenvalue weighted by Crippen LogP contribution is 2.30. The van der Waals surface area contributed by atoms with Crippen LogP contribution in [0.25, 0.3) is 11.2 Å². The monoisotopic (exact) mass is 520 g/mol. The van der Waals surface area contributed by atoms with E-state index >= 15 is 0 Å². The molecule has 5 aromatic rings. The number of nitrogens with one attached hydrogen (secondary N) is 1. The number of aromatic nitrogens is 4. The molecule has 190 valence electrons. The zero-order valence-corrected chi connectivity index (χ0v) is 21.7. The first-order valence-electron chi connectivity index (χ1n) is 12.8. The Morgan fingerprint density at radius 1 is 0.816 bits per heavy atom. The van der Waals surface area contributed by atoms with Crippen LogP contribution in [0.4, 0.5) is 0 Å². The van der Waals surface area contributed by atoms with E-state index in [4.69, 9.17) is 0 Å². The van der Waals surface area contributed by atoms with Gasteiger partial charge in [0.25, 0.3) is 5.91 Å². The summed E-state index contributed by atoms with van der Waals surface area (Å²) in [6, 6.07) is 29.4. The van der Waals surface area contributed by atoms with Gasteiger partial charge in [0.2, 0.25) is 0 Å². The maximum atomic E-state index is 13.3. The third kappa shape index (κ3) is 5.18. The van der Waals surface area contributed by atoms with Gasteiger partial charge in [-0.15, -0.1) is 0 Å². The first kappa shape index (κ1) is 24.3. The number of H-pyrrole nitrogens is 1. The summed E-state index contributed by atoms with van der Waals surface area (Å²) < 4.78 is 0. The number of hydrogen-bond donors (Lipinski definition) is 1. The van der Waals surface area contributed by atoms with Crippen molar-refractivity contribution < 1.29 is 4.79 Å². The van der Waals surface area contributed by atoms with E-state index in [2.05, 4.69) is 85.5 Å². The van der Waals surface area contributed by atoms with Gasteiger partial charge < -0.3 is 9.88 Å². The minimum absolute atomic E-state index is 0.0924. The number of imidazole rings is 1. The number of aromatic amines is 1. The van der Waals surface area contributed by atoms with Crippen molar-refractivity contribution in [1.82, 2.24) is 29.7 Å². The fourth-order valence-electron chi connectivity index (χ4n) is 5.00. The molecule has 0 unspecified atom stereocenters. The molecule has 2 aromatic heterocycles. The molecule has 0 radical (unpaired) electrons. The molecule has 1 fully saturated rings. The Balaban J connectivity index is 1.09. The van der Waals surface area contributed by atoms with Gasteiger partial charge in [-0.3, -0.25) is 9.69 Å². The molecule has 38 heavy (non-hydrogen) atoms. The van der Waals surface area contributed by atoms with Gasteiger partial charge in [-0.25, -0.2) is 15.0 Å². The summed E-state index contributed by atoms with van der Waals surface area (Å²) in [6.07, 6.45) is 3.17. The van der Waals surface area contributed by atoms with E-state index in [1.165, 1.54) is 17.5 Å². The minimum atomic E-state index is 0.0924. The number of carbonyl (C=O) groups is 1. The lowest BCUT2D eigenvalue weighted by Gasteiger charge is -2.39. The molecule has 1 N–H and O–H groups in total. The molecule has 1 aliphatic heterocycles. The number of amides is 1. The summed E-state index contributed by atoms with van der Waals surface area (Å²) in [5.74, 6) is 0.841. The van der Waals surface area contributed by atoms with Crippen molar-refractivity contribution in [2.24, 2.45) is 0 Å². The Bertz CT molecular complexity index is 1460. The quantitative estimate of drug-likeness (QED) is 0.235. The second-order valence-electron chi connectivity index (χ2n) is 9.32. The summed E-state index contributed by atoms with van der Waals surface area (Å²) in [7, 11) is 0. The van der Waals surface area contributed by atoms with Crippen LogP contribution in [0.5, 0.6) is 0 Å². The summed E-state index contributed by atoms with van der Waals surface area (Å²) in [5.41, 5.74) is 5.95. The number of piperazine rings is 1. The average molecular weight is 521 g/mol. The van der Waals surface area contributed by atoms with E-state index in [1.54, 1.807) is 18.1 Å². The van der Waals surface area contributed by atoms with Crippen molar-refractivity contribution >= 4 is 28.8 Å². The largest absolute Gasteiger partial charge is 0.341 e. The van der Waals surface area contributed by atoms with Crippen molar-refractivity contribution in [2.75, 3.05) is 26.2 Å². The highest BCUT2D eigenvalue weighted by molar-refractivity contribution is 7.98. The molecule has 8 heteroatoms. The van der Waals surface area contributed by atoms with Gasteiger partial charge in [0.05, 0.1) is 12.4 Å². The first-order valence-corrected chi connectivity index (χ1v) is 13.7. The summed E-state index contributed by atoms with van der Waals surface area (Å²) in [5, 5.41) is 0.870. The first-order chi connectivity index (χ1) is 18.8. The average Bonchev–Trinajstić information content (AvgIpc) is 3.48. The molecule has 1 aliphatic rings. The minimum Gasteiger partial charge on any atom is -0.341 e. The van der Waals surface area contributed by atoms with Crippen LogP contribution in [0.3, 0.4) is 0 Å². The van der Waals surface area contributed by atoms with Gasteiger partial charge >= 0.3 is 0 Å². The fraction of sp³-hybridized carbons (Fsp3) is 0.200. The second kappa shape index (κ2) is 11.2. The Labute approximate surface area is 226 Å². The van der Waals surface area contributed by atoms with Gasteiger partial charge in [0, 0.05) is 37.5 Å². The van der Waals surface area contributed by atoms with E-state index in [1.807, 2.05) is 29.2 Å². The Morgan fingerprint density at radius 3 is 2.13 bits per heavy atom. The lowest BCUT2D eigenvalue weighted by atomic mass is 9.96. The zero-order valence-electron chi connectivity index (χ0n) is 20.9. The molecular weight excluding hydrogens is 492 g/mol. The van der Waals surface area contributed by atoms with Crippen LogP contribution in [-0.2, 0) is 5.75 Å². The molecule has 6 rings (SSSR count). The van der Waals surface area contributed by atoms with Crippen molar-refractivity contribution in [2.45, 2.75) is 16.8 Å². The number of hydrogen-bond acceptors (Lipinski definition) is 6. The van der Waals surface area contributed by atoms with Gasteiger partial charge in [0.15, 0.2) is 5.65 Å². The van der Waals surface area contributed by atoms with Gasteiger partial charge in [-0.1, -0.05) is 84.6 Å². The molecule has 0 spiro atoms. The van der Waals surface area contributed by atoms with Crippen molar-refractivity contribution in [3.05, 3.63) is 120 Å².